The summed E-state index contributed by atoms with van der Waals surface area (Å²) in [5.74, 6) is 0.334. The lowest BCUT2D eigenvalue weighted by Crippen LogP contribution is -2.11. The van der Waals surface area contributed by atoms with Crippen molar-refractivity contribution in [3.05, 3.63) is 22.2 Å². The third kappa shape index (κ3) is 4.53. The summed E-state index contributed by atoms with van der Waals surface area (Å²) in [6.45, 7) is 5.69. The molecular formula is C15H19BrN2O2. The molecule has 1 rings (SSSR count). The number of nitrogens with two attached hydrogens (primary N) is 1. The summed E-state index contributed by atoms with van der Waals surface area (Å²) in [5, 5.41) is 8.94. The minimum Gasteiger partial charge on any atom is -0.491 e. The van der Waals surface area contributed by atoms with Crippen LogP contribution in [0, 0.1) is 16.7 Å². The van der Waals surface area contributed by atoms with Gasteiger partial charge in [0.25, 0.3) is 0 Å². The fourth-order valence-electron chi connectivity index (χ4n) is 1.78. The largest absolute Gasteiger partial charge is 0.491 e. The van der Waals surface area contributed by atoms with Crippen LogP contribution in [0.15, 0.2) is 16.6 Å². The zero-order valence-corrected chi connectivity index (χ0v) is 13.6. The molecule has 20 heavy (non-hydrogen) atoms. The Balaban J connectivity index is 2.74. The van der Waals surface area contributed by atoms with Crippen LogP contribution < -0.4 is 10.5 Å². The first-order valence-electron chi connectivity index (χ1n) is 6.41. The number of nitrogens with zero attached hydrogens (tertiary/aromatic N) is 1. The summed E-state index contributed by atoms with van der Waals surface area (Å²) >= 11 is 3.31. The Morgan fingerprint density at radius 1 is 1.50 bits per heavy atom. The predicted octanol–water partition coefficient (Wildman–Crippen LogP) is 3.94. The Bertz CT molecular complexity index is 548. The number of halogens is 1. The quantitative estimate of drug-likeness (QED) is 0.484. The number of carbonyl (C=O) groups is 1. The molecule has 0 aliphatic carbocycles. The number of ketones is 1. The highest BCUT2D eigenvalue weighted by Crippen LogP contribution is 2.31. The second-order valence-corrected chi connectivity index (χ2v) is 6.29. The van der Waals surface area contributed by atoms with E-state index in [9.17, 15) is 4.79 Å². The fourth-order valence-corrected chi connectivity index (χ4v) is 2.26. The Morgan fingerprint density at radius 3 is 2.70 bits per heavy atom. The van der Waals surface area contributed by atoms with Crippen molar-refractivity contribution in [1.82, 2.24) is 0 Å². The van der Waals surface area contributed by atoms with Gasteiger partial charge in [0.1, 0.15) is 0 Å². The number of nitrogen functional groups attached to an aromatic ring is 1. The molecule has 0 radical (unpaired) electrons. The van der Waals surface area contributed by atoms with Gasteiger partial charge in [-0.05, 0) is 45.7 Å². The van der Waals surface area contributed by atoms with Crippen LogP contribution in [0.5, 0.6) is 5.75 Å². The highest BCUT2D eigenvalue weighted by molar-refractivity contribution is 9.10. The molecule has 0 bridgehead atoms. The molecule has 4 nitrogen and oxygen atoms in total. The van der Waals surface area contributed by atoms with E-state index in [0.717, 1.165) is 17.3 Å². The van der Waals surface area contributed by atoms with Gasteiger partial charge in [-0.25, -0.2) is 0 Å². The molecular weight excluding hydrogens is 320 g/mol. The van der Waals surface area contributed by atoms with Gasteiger partial charge in [0.2, 0.25) is 0 Å². The van der Waals surface area contributed by atoms with Crippen molar-refractivity contribution >= 4 is 27.4 Å². The molecule has 0 saturated heterocycles. The van der Waals surface area contributed by atoms with Gasteiger partial charge in [0, 0.05) is 4.47 Å². The van der Waals surface area contributed by atoms with Crippen LogP contribution in [0.4, 0.5) is 5.69 Å². The normalized spacial score (nSPS) is 10.9. The summed E-state index contributed by atoms with van der Waals surface area (Å²) in [7, 11) is 0. The van der Waals surface area contributed by atoms with Crippen LogP contribution in [0.1, 0.15) is 44.0 Å². The van der Waals surface area contributed by atoms with Crippen LogP contribution in [0.3, 0.4) is 0 Å². The zero-order valence-electron chi connectivity index (χ0n) is 12.0. The first-order chi connectivity index (χ1) is 9.26. The van der Waals surface area contributed by atoms with Gasteiger partial charge >= 0.3 is 0 Å². The molecule has 5 heteroatoms. The van der Waals surface area contributed by atoms with Crippen LogP contribution in [-0.4, -0.2) is 12.4 Å². The van der Waals surface area contributed by atoms with E-state index in [0.29, 0.717) is 23.6 Å². The van der Waals surface area contributed by atoms with Gasteiger partial charge in [0.15, 0.2) is 11.5 Å². The van der Waals surface area contributed by atoms with E-state index in [-0.39, 0.29) is 11.2 Å². The number of Topliss-reactive ketones (excluding diaryl/α,β-unsaturated/α-hetero) is 1. The number of benzene rings is 1. The Labute approximate surface area is 128 Å². The summed E-state index contributed by atoms with van der Waals surface area (Å²) in [5.41, 5.74) is 6.43. The van der Waals surface area contributed by atoms with Crippen molar-refractivity contribution in [2.45, 2.75) is 33.6 Å². The highest BCUT2D eigenvalue weighted by Gasteiger charge is 2.17. The fraction of sp³-hybridized carbons (Fsp3) is 0.467. The first kappa shape index (κ1) is 16.5. The minimum absolute atomic E-state index is 0.0923. The van der Waals surface area contributed by atoms with Gasteiger partial charge in [-0.1, -0.05) is 15.9 Å². The first-order valence-corrected chi connectivity index (χ1v) is 7.20. The number of hydrogen-bond acceptors (Lipinski definition) is 4. The van der Waals surface area contributed by atoms with Crippen molar-refractivity contribution in [2.24, 2.45) is 5.41 Å². The molecule has 0 heterocycles. The monoisotopic (exact) mass is 338 g/mol. The van der Waals surface area contributed by atoms with Crippen LogP contribution >= 0.6 is 15.9 Å². The summed E-state index contributed by atoms with van der Waals surface area (Å²) in [4.78, 5) is 11.6. The maximum Gasteiger partial charge on any atom is 0.163 e. The molecule has 0 amide bonds. The van der Waals surface area contributed by atoms with E-state index in [1.54, 1.807) is 12.1 Å². The second-order valence-electron chi connectivity index (χ2n) is 5.38. The van der Waals surface area contributed by atoms with Crippen molar-refractivity contribution < 1.29 is 9.53 Å². The van der Waals surface area contributed by atoms with Gasteiger partial charge in [-0.15, -0.1) is 0 Å². The summed E-state index contributed by atoms with van der Waals surface area (Å²) < 4.78 is 6.40. The molecule has 0 unspecified atom stereocenters. The standard InChI is InChI=1S/C15H19BrN2O2/c1-10(19)12-7-11(16)8-13(18)14(12)20-6-4-5-15(2,3)9-17/h7-8H,4-6,18H2,1-3H3. The van der Waals surface area contributed by atoms with Crippen molar-refractivity contribution in [3.8, 4) is 11.8 Å². The third-order valence-electron chi connectivity index (χ3n) is 2.96. The number of rotatable bonds is 6. The minimum atomic E-state index is -0.363. The van der Waals surface area contributed by atoms with E-state index in [1.807, 2.05) is 13.8 Å². The molecule has 108 valence electrons. The Morgan fingerprint density at radius 2 is 2.15 bits per heavy atom. The van der Waals surface area contributed by atoms with Crippen molar-refractivity contribution in [3.63, 3.8) is 0 Å². The van der Waals surface area contributed by atoms with Crippen molar-refractivity contribution in [2.75, 3.05) is 12.3 Å². The van der Waals surface area contributed by atoms with Gasteiger partial charge in [-0.2, -0.15) is 5.26 Å². The lowest BCUT2D eigenvalue weighted by molar-refractivity contribution is 0.101. The summed E-state index contributed by atoms with van der Waals surface area (Å²) in [6.07, 6.45) is 1.46. The van der Waals surface area contributed by atoms with Crippen LogP contribution in [0.2, 0.25) is 0 Å². The van der Waals surface area contributed by atoms with E-state index in [2.05, 4.69) is 22.0 Å². The molecule has 1 aromatic rings. The van der Waals surface area contributed by atoms with Crippen molar-refractivity contribution in [1.29, 1.82) is 5.26 Å². The Kier molecular flexibility index (Phi) is 5.58. The topological polar surface area (TPSA) is 76.1 Å². The van der Waals surface area contributed by atoms with E-state index >= 15 is 0 Å². The predicted molar refractivity (Wildman–Crippen MR) is 82.7 cm³/mol. The molecule has 0 aliphatic rings. The maximum absolute atomic E-state index is 11.6. The average molecular weight is 339 g/mol. The van der Waals surface area contributed by atoms with Gasteiger partial charge in [-0.3, -0.25) is 4.79 Å². The SMILES string of the molecule is CC(=O)c1cc(Br)cc(N)c1OCCCC(C)(C)C#N. The van der Waals surface area contributed by atoms with Gasteiger partial charge in [0.05, 0.1) is 29.3 Å². The number of hydrogen-bond donors (Lipinski definition) is 1. The zero-order chi connectivity index (χ0) is 15.3. The molecule has 0 fully saturated rings. The van der Waals surface area contributed by atoms with E-state index < -0.39 is 0 Å². The summed E-state index contributed by atoms with van der Waals surface area (Å²) in [6, 6.07) is 5.66. The number of carbonyl (C=O) groups excluding carboxylic acids is 1. The molecule has 0 aliphatic heterocycles. The maximum atomic E-state index is 11.6. The molecule has 0 saturated carbocycles. The lowest BCUT2D eigenvalue weighted by Gasteiger charge is -2.16. The molecule has 0 spiro atoms. The van der Waals surface area contributed by atoms with Gasteiger partial charge < -0.3 is 10.5 Å². The average Bonchev–Trinajstić information content (AvgIpc) is 2.35. The lowest BCUT2D eigenvalue weighted by atomic mass is 9.90. The molecule has 2 N–H and O–H groups in total. The van der Waals surface area contributed by atoms with E-state index in [4.69, 9.17) is 15.7 Å². The third-order valence-corrected chi connectivity index (χ3v) is 3.41. The van der Waals surface area contributed by atoms with E-state index in [1.165, 1.54) is 6.92 Å². The number of anilines is 1. The van der Waals surface area contributed by atoms with Crippen LogP contribution in [-0.2, 0) is 0 Å². The number of ether oxygens (including phenoxy) is 1. The second kappa shape index (κ2) is 6.76. The highest BCUT2D eigenvalue weighted by atomic mass is 79.9. The Hall–Kier alpha value is -1.54. The number of nitriles is 1. The molecule has 0 atom stereocenters. The molecule has 0 aromatic heterocycles. The van der Waals surface area contributed by atoms with Crippen LogP contribution in [0.25, 0.3) is 0 Å². The molecule has 1 aromatic carbocycles. The smallest absolute Gasteiger partial charge is 0.163 e.